The summed E-state index contributed by atoms with van der Waals surface area (Å²) in [4.78, 5) is 14.6. The van der Waals surface area contributed by atoms with Crippen LogP contribution in [-0.2, 0) is 6.42 Å². The summed E-state index contributed by atoms with van der Waals surface area (Å²) in [6.07, 6.45) is 5.01. The molecule has 1 aliphatic heterocycles. The summed E-state index contributed by atoms with van der Waals surface area (Å²) in [5.41, 5.74) is 2.64. The van der Waals surface area contributed by atoms with E-state index in [2.05, 4.69) is 55.5 Å². The molecule has 2 aromatic rings. The lowest BCUT2D eigenvalue weighted by Crippen LogP contribution is -2.43. The molecular formula is C20H28N4O. The largest absolute Gasteiger partial charge is 0.324 e. The molecule has 0 spiro atoms. The summed E-state index contributed by atoms with van der Waals surface area (Å²) >= 11 is 0. The van der Waals surface area contributed by atoms with Crippen molar-refractivity contribution in [2.24, 2.45) is 5.92 Å². The summed E-state index contributed by atoms with van der Waals surface area (Å²) in [5, 5.41) is 7.30. The Morgan fingerprint density at radius 3 is 2.76 bits per heavy atom. The van der Waals surface area contributed by atoms with E-state index < -0.39 is 0 Å². The molecule has 0 saturated carbocycles. The highest BCUT2D eigenvalue weighted by Crippen LogP contribution is 2.22. The molecule has 0 aliphatic carbocycles. The lowest BCUT2D eigenvalue weighted by atomic mass is 9.91. The van der Waals surface area contributed by atoms with Gasteiger partial charge >= 0.3 is 6.03 Å². The molecule has 1 saturated heterocycles. The second-order valence-corrected chi connectivity index (χ2v) is 7.33. The highest BCUT2D eigenvalue weighted by Gasteiger charge is 2.24. The second kappa shape index (κ2) is 7.72. The van der Waals surface area contributed by atoms with E-state index in [0.717, 1.165) is 31.7 Å². The van der Waals surface area contributed by atoms with Gasteiger partial charge in [-0.3, -0.25) is 5.32 Å². The van der Waals surface area contributed by atoms with Crippen molar-refractivity contribution < 1.29 is 4.79 Å². The van der Waals surface area contributed by atoms with Crippen molar-refractivity contribution in [2.75, 3.05) is 18.4 Å². The van der Waals surface area contributed by atoms with Gasteiger partial charge in [-0.15, -0.1) is 0 Å². The van der Waals surface area contributed by atoms with Gasteiger partial charge in [-0.25, -0.2) is 9.48 Å². The van der Waals surface area contributed by atoms with Crippen LogP contribution >= 0.6 is 0 Å². The van der Waals surface area contributed by atoms with E-state index in [1.54, 1.807) is 6.20 Å². The van der Waals surface area contributed by atoms with Gasteiger partial charge in [-0.2, -0.15) is 5.10 Å². The van der Waals surface area contributed by atoms with E-state index in [0.29, 0.717) is 5.92 Å². The Hall–Kier alpha value is -2.30. The quantitative estimate of drug-likeness (QED) is 0.904. The van der Waals surface area contributed by atoms with E-state index in [1.807, 2.05) is 15.6 Å². The Morgan fingerprint density at radius 2 is 2.04 bits per heavy atom. The molecule has 3 rings (SSSR count). The lowest BCUT2D eigenvalue weighted by Gasteiger charge is -2.33. The number of carbonyl (C=O) groups is 1. The monoisotopic (exact) mass is 340 g/mol. The van der Waals surface area contributed by atoms with Crippen molar-refractivity contribution in [1.29, 1.82) is 0 Å². The SMILES string of the molecule is Cc1ccc(CC2CCCN(C(=O)Nc3ccnn3C(C)C)C2)cc1. The van der Waals surface area contributed by atoms with Gasteiger partial charge in [0.1, 0.15) is 5.82 Å². The number of nitrogens with one attached hydrogen (secondary N) is 1. The molecule has 1 aromatic heterocycles. The highest BCUT2D eigenvalue weighted by molar-refractivity contribution is 5.88. The van der Waals surface area contributed by atoms with Crippen LogP contribution in [0.15, 0.2) is 36.5 Å². The third kappa shape index (κ3) is 4.41. The number of benzene rings is 1. The van der Waals surface area contributed by atoms with Gasteiger partial charge in [-0.1, -0.05) is 29.8 Å². The number of hydrogen-bond acceptors (Lipinski definition) is 2. The van der Waals surface area contributed by atoms with Gasteiger partial charge < -0.3 is 4.90 Å². The predicted molar refractivity (Wildman–Crippen MR) is 101 cm³/mol. The maximum Gasteiger partial charge on any atom is 0.323 e. The van der Waals surface area contributed by atoms with Crippen LogP contribution in [-0.4, -0.2) is 33.8 Å². The van der Waals surface area contributed by atoms with Crippen LogP contribution in [0.25, 0.3) is 0 Å². The van der Waals surface area contributed by atoms with Crippen LogP contribution < -0.4 is 5.32 Å². The number of aryl methyl sites for hydroxylation is 1. The number of likely N-dealkylation sites (tertiary alicyclic amines) is 1. The number of urea groups is 1. The van der Waals surface area contributed by atoms with Crippen LogP contribution in [0.5, 0.6) is 0 Å². The van der Waals surface area contributed by atoms with Crippen LogP contribution in [0.1, 0.15) is 43.9 Å². The summed E-state index contributed by atoms with van der Waals surface area (Å²) in [6.45, 7) is 7.86. The summed E-state index contributed by atoms with van der Waals surface area (Å²) in [6, 6.07) is 10.8. The molecule has 1 unspecified atom stereocenters. The first-order chi connectivity index (χ1) is 12.0. The fourth-order valence-electron chi connectivity index (χ4n) is 3.49. The number of anilines is 1. The van der Waals surface area contributed by atoms with Gasteiger partial charge in [0.05, 0.1) is 6.20 Å². The molecule has 1 aromatic carbocycles. The molecule has 0 radical (unpaired) electrons. The van der Waals surface area contributed by atoms with Gasteiger partial charge in [-0.05, 0) is 51.5 Å². The Kier molecular flexibility index (Phi) is 5.41. The highest BCUT2D eigenvalue weighted by atomic mass is 16.2. The molecule has 25 heavy (non-hydrogen) atoms. The number of amides is 2. The van der Waals surface area contributed by atoms with E-state index in [-0.39, 0.29) is 12.1 Å². The Bertz CT molecular complexity index is 705. The van der Waals surface area contributed by atoms with Crippen molar-refractivity contribution in [1.82, 2.24) is 14.7 Å². The van der Waals surface area contributed by atoms with E-state index in [4.69, 9.17) is 0 Å². The number of hydrogen-bond donors (Lipinski definition) is 1. The summed E-state index contributed by atoms with van der Waals surface area (Å²) < 4.78 is 1.84. The van der Waals surface area contributed by atoms with Crippen molar-refractivity contribution in [3.05, 3.63) is 47.7 Å². The third-order valence-electron chi connectivity index (χ3n) is 4.85. The molecule has 0 bridgehead atoms. The zero-order chi connectivity index (χ0) is 17.8. The Labute approximate surface area is 150 Å². The van der Waals surface area contributed by atoms with E-state index >= 15 is 0 Å². The molecule has 5 nitrogen and oxygen atoms in total. The minimum Gasteiger partial charge on any atom is -0.324 e. The molecule has 1 N–H and O–H groups in total. The lowest BCUT2D eigenvalue weighted by molar-refractivity contribution is 0.177. The first kappa shape index (κ1) is 17.5. The van der Waals surface area contributed by atoms with Crippen LogP contribution in [0.3, 0.4) is 0 Å². The normalized spacial score (nSPS) is 17.8. The topological polar surface area (TPSA) is 50.2 Å². The Balaban J connectivity index is 1.59. The maximum absolute atomic E-state index is 12.7. The van der Waals surface area contributed by atoms with Crippen LogP contribution in [0, 0.1) is 12.8 Å². The summed E-state index contributed by atoms with van der Waals surface area (Å²) in [7, 11) is 0. The fourth-order valence-corrected chi connectivity index (χ4v) is 3.49. The summed E-state index contributed by atoms with van der Waals surface area (Å²) in [5.74, 6) is 1.29. The number of aromatic nitrogens is 2. The molecule has 1 aliphatic rings. The fraction of sp³-hybridized carbons (Fsp3) is 0.500. The molecule has 2 heterocycles. The zero-order valence-electron chi connectivity index (χ0n) is 15.4. The number of nitrogens with zero attached hydrogens (tertiary/aromatic N) is 3. The first-order valence-corrected chi connectivity index (χ1v) is 9.18. The first-order valence-electron chi connectivity index (χ1n) is 9.18. The van der Waals surface area contributed by atoms with Gasteiger partial charge in [0.25, 0.3) is 0 Å². The molecule has 134 valence electrons. The molecule has 1 fully saturated rings. The Morgan fingerprint density at radius 1 is 1.28 bits per heavy atom. The van der Waals surface area contributed by atoms with Gasteiger partial charge in [0.15, 0.2) is 0 Å². The average Bonchev–Trinajstić information content (AvgIpc) is 3.05. The predicted octanol–water partition coefficient (Wildman–Crippen LogP) is 4.26. The van der Waals surface area contributed by atoms with Crippen molar-refractivity contribution in [3.63, 3.8) is 0 Å². The van der Waals surface area contributed by atoms with Crippen molar-refractivity contribution >= 4 is 11.8 Å². The van der Waals surface area contributed by atoms with Gasteiger partial charge in [0, 0.05) is 25.2 Å². The van der Waals surface area contributed by atoms with Crippen LogP contribution in [0.4, 0.5) is 10.6 Å². The second-order valence-electron chi connectivity index (χ2n) is 7.33. The minimum atomic E-state index is -0.0176. The number of carbonyl (C=O) groups excluding carboxylic acids is 1. The van der Waals surface area contributed by atoms with E-state index in [9.17, 15) is 4.79 Å². The number of piperidine rings is 1. The smallest absolute Gasteiger partial charge is 0.323 e. The molecule has 1 atom stereocenters. The standard InChI is InChI=1S/C20H28N4O/c1-15(2)24-19(10-11-21-24)22-20(25)23-12-4-5-18(14-23)13-17-8-6-16(3)7-9-17/h6-11,15,18H,4-5,12-14H2,1-3H3,(H,22,25). The molecule has 5 heteroatoms. The average molecular weight is 340 g/mol. The van der Waals surface area contributed by atoms with Crippen molar-refractivity contribution in [3.8, 4) is 0 Å². The zero-order valence-corrected chi connectivity index (χ0v) is 15.4. The third-order valence-corrected chi connectivity index (χ3v) is 4.85. The van der Waals surface area contributed by atoms with Gasteiger partial charge in [0.2, 0.25) is 0 Å². The number of rotatable bonds is 4. The maximum atomic E-state index is 12.7. The molecule has 2 amide bonds. The van der Waals surface area contributed by atoms with E-state index in [1.165, 1.54) is 17.5 Å². The van der Waals surface area contributed by atoms with Crippen molar-refractivity contribution in [2.45, 2.75) is 46.1 Å². The minimum absolute atomic E-state index is 0.0176. The molecular weight excluding hydrogens is 312 g/mol. The van der Waals surface area contributed by atoms with Crippen LogP contribution in [0.2, 0.25) is 0 Å².